The molecule has 21 heavy (non-hydrogen) atoms. The number of nitrogens with zero attached hydrogens (tertiary/aromatic N) is 2. The zero-order valence-electron chi connectivity index (χ0n) is 13.3. The molecule has 1 N–H and O–H groups in total. The minimum atomic E-state index is -0.821. The number of hydrogen-bond acceptors (Lipinski definition) is 4. The number of rotatable bonds is 5. The van der Waals surface area contributed by atoms with Crippen LogP contribution in [0.5, 0.6) is 0 Å². The van der Waals surface area contributed by atoms with Gasteiger partial charge in [-0.2, -0.15) is 0 Å². The molecule has 1 aliphatic heterocycles. The Morgan fingerprint density at radius 1 is 1.33 bits per heavy atom. The molecule has 0 unspecified atom stereocenters. The number of urea groups is 1. The second-order valence-corrected chi connectivity index (χ2v) is 6.34. The number of oxazole rings is 1. The third-order valence-corrected chi connectivity index (χ3v) is 3.93. The van der Waals surface area contributed by atoms with Gasteiger partial charge in [0.1, 0.15) is 17.8 Å². The van der Waals surface area contributed by atoms with Gasteiger partial charge in [-0.3, -0.25) is 9.69 Å². The van der Waals surface area contributed by atoms with E-state index in [4.69, 9.17) is 4.42 Å². The van der Waals surface area contributed by atoms with Gasteiger partial charge in [-0.05, 0) is 39.5 Å². The predicted molar refractivity (Wildman–Crippen MR) is 77.5 cm³/mol. The van der Waals surface area contributed by atoms with Crippen LogP contribution in [0.4, 0.5) is 4.79 Å². The van der Waals surface area contributed by atoms with Crippen LogP contribution in [-0.4, -0.2) is 27.4 Å². The maximum Gasteiger partial charge on any atom is 0.325 e. The molecule has 0 saturated carbocycles. The fourth-order valence-corrected chi connectivity index (χ4v) is 2.38. The van der Waals surface area contributed by atoms with Crippen LogP contribution in [0.15, 0.2) is 4.42 Å². The summed E-state index contributed by atoms with van der Waals surface area (Å²) in [4.78, 5) is 30.0. The van der Waals surface area contributed by atoms with E-state index in [-0.39, 0.29) is 18.5 Å². The normalized spacial score (nSPS) is 22.3. The molecule has 2 heterocycles. The molecule has 6 nitrogen and oxygen atoms in total. The van der Waals surface area contributed by atoms with E-state index >= 15 is 0 Å². The van der Waals surface area contributed by atoms with Gasteiger partial charge in [0.25, 0.3) is 5.91 Å². The average Bonchev–Trinajstić information content (AvgIpc) is 2.81. The fraction of sp³-hybridized carbons (Fsp3) is 0.667. The summed E-state index contributed by atoms with van der Waals surface area (Å²) in [6, 6.07) is -0.375. The summed E-state index contributed by atoms with van der Waals surface area (Å²) in [6.45, 7) is 9.70. The van der Waals surface area contributed by atoms with Gasteiger partial charge in [-0.15, -0.1) is 0 Å². The van der Waals surface area contributed by atoms with Crippen molar-refractivity contribution in [1.29, 1.82) is 0 Å². The zero-order valence-corrected chi connectivity index (χ0v) is 13.3. The van der Waals surface area contributed by atoms with E-state index in [0.29, 0.717) is 24.0 Å². The highest BCUT2D eigenvalue weighted by Gasteiger charge is 2.47. The molecule has 6 heteroatoms. The smallest absolute Gasteiger partial charge is 0.325 e. The summed E-state index contributed by atoms with van der Waals surface area (Å²) in [5.41, 5.74) is -0.0440. The topological polar surface area (TPSA) is 75.4 Å². The van der Waals surface area contributed by atoms with Crippen molar-refractivity contribution in [2.75, 3.05) is 0 Å². The van der Waals surface area contributed by atoms with Crippen LogP contribution < -0.4 is 5.32 Å². The van der Waals surface area contributed by atoms with E-state index in [1.807, 2.05) is 13.8 Å². The molecule has 116 valence electrons. The first kappa shape index (κ1) is 15.5. The van der Waals surface area contributed by atoms with Crippen molar-refractivity contribution < 1.29 is 14.0 Å². The van der Waals surface area contributed by atoms with Crippen molar-refractivity contribution in [3.8, 4) is 0 Å². The molecule has 1 fully saturated rings. The van der Waals surface area contributed by atoms with E-state index < -0.39 is 5.54 Å². The minimum absolute atomic E-state index is 0.0800. The van der Waals surface area contributed by atoms with Crippen LogP contribution in [0.2, 0.25) is 0 Å². The van der Waals surface area contributed by atoms with Crippen LogP contribution >= 0.6 is 0 Å². The summed E-state index contributed by atoms with van der Waals surface area (Å²) < 4.78 is 5.45. The van der Waals surface area contributed by atoms with Crippen LogP contribution in [0.25, 0.3) is 0 Å². The third-order valence-electron chi connectivity index (χ3n) is 3.93. The second-order valence-electron chi connectivity index (χ2n) is 6.34. The Kier molecular flexibility index (Phi) is 4.07. The lowest BCUT2D eigenvalue weighted by Crippen LogP contribution is -2.44. The Morgan fingerprint density at radius 2 is 2.00 bits per heavy atom. The maximum atomic E-state index is 12.5. The highest BCUT2D eigenvalue weighted by molar-refractivity contribution is 6.06. The molecule has 3 amide bonds. The minimum Gasteiger partial charge on any atom is -0.444 e. The molecule has 0 spiro atoms. The standard InChI is InChI=1S/C15H23N3O3/c1-9(2)6-7-15(5)13(19)18(14(20)17-15)8-12-16-10(3)11(4)21-12/h9H,6-8H2,1-5H3,(H,17,20)/t15-/m0/s1. The van der Waals surface area contributed by atoms with E-state index in [9.17, 15) is 9.59 Å². The Bertz CT molecular complexity index is 545. The fourth-order valence-electron chi connectivity index (χ4n) is 2.38. The number of hydrogen-bond donors (Lipinski definition) is 1. The maximum absolute atomic E-state index is 12.5. The monoisotopic (exact) mass is 293 g/mol. The van der Waals surface area contributed by atoms with Crippen LogP contribution in [0, 0.1) is 19.8 Å². The van der Waals surface area contributed by atoms with Gasteiger partial charge in [0.2, 0.25) is 5.89 Å². The number of imide groups is 1. The molecule has 0 radical (unpaired) electrons. The van der Waals surface area contributed by atoms with Crippen LogP contribution in [0.1, 0.15) is 51.0 Å². The molecular formula is C15H23N3O3. The first-order chi connectivity index (χ1) is 9.73. The highest BCUT2D eigenvalue weighted by atomic mass is 16.4. The predicted octanol–water partition coefficient (Wildman–Crippen LogP) is 2.54. The molecular weight excluding hydrogens is 270 g/mol. The summed E-state index contributed by atoms with van der Waals surface area (Å²) in [6.07, 6.45) is 1.52. The number of nitrogens with one attached hydrogen (secondary N) is 1. The van der Waals surface area contributed by atoms with E-state index in [1.165, 1.54) is 4.90 Å². The van der Waals surface area contributed by atoms with Gasteiger partial charge in [-0.1, -0.05) is 13.8 Å². The largest absolute Gasteiger partial charge is 0.444 e. The lowest BCUT2D eigenvalue weighted by molar-refractivity contribution is -0.131. The average molecular weight is 293 g/mol. The van der Waals surface area contributed by atoms with Gasteiger partial charge in [0, 0.05) is 0 Å². The van der Waals surface area contributed by atoms with Crippen LogP contribution in [0.3, 0.4) is 0 Å². The Labute approximate surface area is 124 Å². The first-order valence-corrected chi connectivity index (χ1v) is 7.30. The first-order valence-electron chi connectivity index (χ1n) is 7.30. The molecule has 0 aliphatic carbocycles. The molecule has 1 atom stereocenters. The van der Waals surface area contributed by atoms with Crippen LogP contribution in [-0.2, 0) is 11.3 Å². The van der Waals surface area contributed by atoms with E-state index in [1.54, 1.807) is 6.92 Å². The number of aryl methyl sites for hydroxylation is 2. The quantitative estimate of drug-likeness (QED) is 0.846. The van der Waals surface area contributed by atoms with Crippen molar-refractivity contribution in [2.24, 2.45) is 5.92 Å². The van der Waals surface area contributed by atoms with Gasteiger partial charge < -0.3 is 9.73 Å². The highest BCUT2D eigenvalue weighted by Crippen LogP contribution is 2.26. The van der Waals surface area contributed by atoms with Crippen molar-refractivity contribution in [2.45, 2.75) is 59.5 Å². The summed E-state index contributed by atoms with van der Waals surface area (Å²) >= 11 is 0. The van der Waals surface area contributed by atoms with Crippen molar-refractivity contribution in [3.05, 3.63) is 17.3 Å². The lowest BCUT2D eigenvalue weighted by atomic mass is 9.92. The Hall–Kier alpha value is -1.85. The third kappa shape index (κ3) is 3.09. The van der Waals surface area contributed by atoms with E-state index in [0.717, 1.165) is 12.1 Å². The molecule has 1 aliphatic rings. The summed E-state index contributed by atoms with van der Waals surface area (Å²) in [5, 5.41) is 2.80. The molecule has 1 aromatic heterocycles. The number of amides is 3. The van der Waals surface area contributed by atoms with Crippen molar-refractivity contribution >= 4 is 11.9 Å². The second kappa shape index (κ2) is 5.50. The van der Waals surface area contributed by atoms with Gasteiger partial charge in [0.05, 0.1) is 5.69 Å². The number of aromatic nitrogens is 1. The van der Waals surface area contributed by atoms with Crippen molar-refractivity contribution in [3.63, 3.8) is 0 Å². The SMILES string of the molecule is Cc1nc(CN2C(=O)N[C@@](C)(CCC(C)C)C2=O)oc1C. The molecule has 2 rings (SSSR count). The molecule has 1 saturated heterocycles. The summed E-state index contributed by atoms with van der Waals surface area (Å²) in [7, 11) is 0. The van der Waals surface area contributed by atoms with Gasteiger partial charge in [-0.25, -0.2) is 9.78 Å². The Morgan fingerprint density at radius 3 is 2.52 bits per heavy atom. The van der Waals surface area contributed by atoms with Gasteiger partial charge >= 0.3 is 6.03 Å². The number of carbonyl (C=O) groups excluding carboxylic acids is 2. The van der Waals surface area contributed by atoms with E-state index in [2.05, 4.69) is 24.1 Å². The molecule has 0 aromatic carbocycles. The Balaban J connectivity index is 2.11. The van der Waals surface area contributed by atoms with Crippen molar-refractivity contribution in [1.82, 2.24) is 15.2 Å². The molecule has 0 bridgehead atoms. The lowest BCUT2D eigenvalue weighted by Gasteiger charge is -2.22. The summed E-state index contributed by atoms with van der Waals surface area (Å²) in [5.74, 6) is 1.38. The zero-order chi connectivity index (χ0) is 15.8. The number of carbonyl (C=O) groups is 2. The molecule has 1 aromatic rings. The van der Waals surface area contributed by atoms with Gasteiger partial charge in [0.15, 0.2) is 0 Å².